The average molecular weight is 252 g/mol. The van der Waals surface area contributed by atoms with Gasteiger partial charge in [-0.25, -0.2) is 0 Å². The Morgan fingerprint density at radius 2 is 1.78 bits per heavy atom. The number of nitrogens with one attached hydrogen (secondary N) is 1. The highest BCUT2D eigenvalue weighted by molar-refractivity contribution is 5.11. The first-order valence-corrected chi connectivity index (χ1v) is 7.52. The molecule has 3 nitrogen and oxygen atoms in total. The fourth-order valence-corrected chi connectivity index (χ4v) is 5.07. The van der Waals surface area contributed by atoms with Crippen LogP contribution in [-0.2, 0) is 4.74 Å². The number of rotatable bonds is 3. The molecule has 0 spiro atoms. The van der Waals surface area contributed by atoms with E-state index in [1.165, 1.54) is 19.3 Å². The zero-order valence-electron chi connectivity index (χ0n) is 12.2. The molecule has 4 atom stereocenters. The highest BCUT2D eigenvalue weighted by Crippen LogP contribution is 2.61. The molecule has 3 rings (SSSR count). The molecule has 1 heterocycles. The molecule has 0 bridgehead atoms. The van der Waals surface area contributed by atoms with Crippen molar-refractivity contribution >= 4 is 0 Å². The van der Waals surface area contributed by atoms with Crippen LogP contribution in [0.25, 0.3) is 0 Å². The third kappa shape index (κ3) is 1.91. The lowest BCUT2D eigenvalue weighted by Crippen LogP contribution is -2.49. The Morgan fingerprint density at radius 3 is 2.22 bits per heavy atom. The van der Waals surface area contributed by atoms with E-state index in [4.69, 9.17) is 10.6 Å². The highest BCUT2D eigenvalue weighted by Gasteiger charge is 2.60. The number of hydrogen-bond acceptors (Lipinski definition) is 3. The van der Waals surface area contributed by atoms with E-state index in [-0.39, 0.29) is 11.2 Å². The number of ether oxygens (including phenoxy) is 1. The van der Waals surface area contributed by atoms with Crippen molar-refractivity contribution in [1.82, 2.24) is 5.43 Å². The molecule has 0 aromatic rings. The van der Waals surface area contributed by atoms with Crippen molar-refractivity contribution in [3.05, 3.63) is 0 Å². The van der Waals surface area contributed by atoms with Gasteiger partial charge >= 0.3 is 0 Å². The first-order chi connectivity index (χ1) is 8.36. The molecule has 0 radical (unpaired) electrons. The van der Waals surface area contributed by atoms with Gasteiger partial charge in [-0.2, -0.15) is 0 Å². The van der Waals surface area contributed by atoms with Crippen LogP contribution in [0.5, 0.6) is 0 Å². The molecule has 3 fully saturated rings. The predicted octanol–water partition coefficient (Wildman–Crippen LogP) is 2.46. The maximum atomic E-state index is 6.24. The zero-order chi connectivity index (χ0) is 13.1. The van der Waals surface area contributed by atoms with Crippen LogP contribution in [0.3, 0.4) is 0 Å². The van der Waals surface area contributed by atoms with Crippen LogP contribution in [-0.4, -0.2) is 17.2 Å². The molecule has 18 heavy (non-hydrogen) atoms. The van der Waals surface area contributed by atoms with Crippen molar-refractivity contribution in [2.24, 2.45) is 29.5 Å². The van der Waals surface area contributed by atoms with Gasteiger partial charge in [0, 0.05) is 12.0 Å². The van der Waals surface area contributed by atoms with Crippen LogP contribution in [0.2, 0.25) is 0 Å². The van der Waals surface area contributed by atoms with Crippen molar-refractivity contribution in [3.63, 3.8) is 0 Å². The third-order valence-corrected chi connectivity index (χ3v) is 5.66. The van der Waals surface area contributed by atoms with Crippen molar-refractivity contribution in [3.8, 4) is 0 Å². The van der Waals surface area contributed by atoms with Gasteiger partial charge in [0.15, 0.2) is 0 Å². The van der Waals surface area contributed by atoms with Gasteiger partial charge < -0.3 is 4.74 Å². The minimum absolute atomic E-state index is 0.00668. The van der Waals surface area contributed by atoms with Crippen molar-refractivity contribution in [1.29, 1.82) is 0 Å². The molecule has 3 N–H and O–H groups in total. The fraction of sp³-hybridized carbons (Fsp3) is 1.00. The number of hydrazine groups is 1. The normalized spacial score (nSPS) is 45.8. The minimum Gasteiger partial charge on any atom is -0.369 e. The Hall–Kier alpha value is -0.120. The van der Waals surface area contributed by atoms with Gasteiger partial charge in [-0.05, 0) is 64.7 Å². The second kappa shape index (κ2) is 3.94. The minimum atomic E-state index is -0.0581. The Labute approximate surface area is 111 Å². The van der Waals surface area contributed by atoms with Crippen LogP contribution in [0.4, 0.5) is 0 Å². The molecule has 4 unspecified atom stereocenters. The van der Waals surface area contributed by atoms with Gasteiger partial charge in [0.05, 0.1) is 11.2 Å². The molecular weight excluding hydrogens is 224 g/mol. The van der Waals surface area contributed by atoms with Crippen LogP contribution in [0, 0.1) is 23.7 Å². The highest BCUT2D eigenvalue weighted by atomic mass is 16.5. The van der Waals surface area contributed by atoms with Crippen LogP contribution in [0.15, 0.2) is 0 Å². The monoisotopic (exact) mass is 252 g/mol. The summed E-state index contributed by atoms with van der Waals surface area (Å²) in [5, 5.41) is 0. The van der Waals surface area contributed by atoms with Gasteiger partial charge in [0.2, 0.25) is 0 Å². The summed E-state index contributed by atoms with van der Waals surface area (Å²) in [4.78, 5) is 0. The smallest absolute Gasteiger partial charge is 0.0678 e. The van der Waals surface area contributed by atoms with Crippen molar-refractivity contribution in [2.45, 2.75) is 70.6 Å². The van der Waals surface area contributed by atoms with Crippen LogP contribution < -0.4 is 11.3 Å². The lowest BCUT2D eigenvalue weighted by atomic mass is 9.78. The standard InChI is InChI=1S/C15H28N2O/c1-14(2)8-11(15(3,4)18-14)13(17-16)12-9-6-5-7-10(9)12/h9-13,17H,5-8,16H2,1-4H3. The van der Waals surface area contributed by atoms with E-state index in [1.54, 1.807) is 0 Å². The van der Waals surface area contributed by atoms with Gasteiger partial charge in [0.1, 0.15) is 0 Å². The van der Waals surface area contributed by atoms with Crippen LogP contribution in [0.1, 0.15) is 53.4 Å². The second-order valence-corrected chi connectivity index (χ2v) is 7.80. The van der Waals surface area contributed by atoms with Crippen LogP contribution >= 0.6 is 0 Å². The molecular formula is C15H28N2O. The summed E-state index contributed by atoms with van der Waals surface area (Å²) in [5.41, 5.74) is 3.08. The maximum absolute atomic E-state index is 6.24. The largest absolute Gasteiger partial charge is 0.369 e. The predicted molar refractivity (Wildman–Crippen MR) is 72.8 cm³/mol. The quantitative estimate of drug-likeness (QED) is 0.599. The van der Waals surface area contributed by atoms with E-state index < -0.39 is 0 Å². The molecule has 3 heteroatoms. The lowest BCUT2D eigenvalue weighted by molar-refractivity contribution is -0.0787. The van der Waals surface area contributed by atoms with E-state index >= 15 is 0 Å². The molecule has 0 amide bonds. The first kappa shape index (κ1) is 12.9. The second-order valence-electron chi connectivity index (χ2n) is 7.80. The van der Waals surface area contributed by atoms with E-state index in [0.29, 0.717) is 12.0 Å². The molecule has 1 aliphatic heterocycles. The van der Waals surface area contributed by atoms with Gasteiger partial charge in [0.25, 0.3) is 0 Å². The topological polar surface area (TPSA) is 47.3 Å². The lowest BCUT2D eigenvalue weighted by Gasteiger charge is -2.33. The summed E-state index contributed by atoms with van der Waals surface area (Å²) in [6.07, 6.45) is 5.39. The zero-order valence-corrected chi connectivity index (χ0v) is 12.2. The van der Waals surface area contributed by atoms with Gasteiger partial charge in [-0.15, -0.1) is 0 Å². The number of nitrogens with two attached hydrogens (primary N) is 1. The van der Waals surface area contributed by atoms with E-state index in [2.05, 4.69) is 33.1 Å². The fourth-order valence-electron chi connectivity index (χ4n) is 5.07. The van der Waals surface area contributed by atoms with Crippen molar-refractivity contribution < 1.29 is 4.74 Å². The SMILES string of the molecule is CC1(C)CC(C(NN)C2C3CCCC32)C(C)(C)O1. The van der Waals surface area contributed by atoms with Gasteiger partial charge in [-0.1, -0.05) is 6.42 Å². The Kier molecular flexibility index (Phi) is 2.82. The van der Waals surface area contributed by atoms with E-state index in [1.807, 2.05) is 0 Å². The Bertz CT molecular complexity index is 329. The molecule has 104 valence electrons. The Balaban J connectivity index is 1.76. The summed E-state index contributed by atoms with van der Waals surface area (Å²) in [6.45, 7) is 8.87. The number of fused-ring (bicyclic) bond motifs is 1. The molecule has 2 saturated carbocycles. The molecule has 3 aliphatic rings. The van der Waals surface area contributed by atoms with Gasteiger partial charge in [-0.3, -0.25) is 11.3 Å². The third-order valence-electron chi connectivity index (χ3n) is 5.66. The molecule has 1 saturated heterocycles. The first-order valence-electron chi connectivity index (χ1n) is 7.52. The Morgan fingerprint density at radius 1 is 1.17 bits per heavy atom. The average Bonchev–Trinajstić information content (AvgIpc) is 2.64. The summed E-state index contributed by atoms with van der Waals surface area (Å²) >= 11 is 0. The number of hydrogen-bond donors (Lipinski definition) is 2. The summed E-state index contributed by atoms with van der Waals surface area (Å²) < 4.78 is 6.24. The maximum Gasteiger partial charge on any atom is 0.0678 e. The van der Waals surface area contributed by atoms with Crippen molar-refractivity contribution in [2.75, 3.05) is 0 Å². The summed E-state index contributed by atoms with van der Waals surface area (Å²) in [7, 11) is 0. The summed E-state index contributed by atoms with van der Waals surface area (Å²) in [5.74, 6) is 9.15. The molecule has 0 aromatic heterocycles. The molecule has 0 aromatic carbocycles. The molecule has 2 aliphatic carbocycles. The van der Waals surface area contributed by atoms with E-state index in [0.717, 1.165) is 24.2 Å². The summed E-state index contributed by atoms with van der Waals surface area (Å²) in [6, 6.07) is 0.442. The van der Waals surface area contributed by atoms with E-state index in [9.17, 15) is 0 Å².